The number of nitrogens with zero attached hydrogens (tertiary/aromatic N) is 1. The number of fused-ring (bicyclic) bond motifs is 1. The van der Waals surface area contributed by atoms with Crippen molar-refractivity contribution in [2.45, 2.75) is 26.3 Å². The van der Waals surface area contributed by atoms with Crippen LogP contribution in [-0.4, -0.2) is 24.1 Å². The first-order chi connectivity index (χ1) is 9.49. The van der Waals surface area contributed by atoms with E-state index >= 15 is 0 Å². The van der Waals surface area contributed by atoms with E-state index in [0.29, 0.717) is 6.61 Å². The Morgan fingerprint density at radius 3 is 2.65 bits per heavy atom. The van der Waals surface area contributed by atoms with E-state index < -0.39 is 13.0 Å². The molecule has 0 aliphatic rings. The number of alkyl halides is 3. The Kier molecular flexibility index (Phi) is 4.54. The van der Waals surface area contributed by atoms with Gasteiger partial charge in [0.15, 0.2) is 0 Å². The quantitative estimate of drug-likeness (QED) is 0.802. The minimum Gasteiger partial charge on any atom is -0.494 e. The van der Waals surface area contributed by atoms with Gasteiger partial charge in [-0.05, 0) is 30.7 Å². The highest BCUT2D eigenvalue weighted by molar-refractivity contribution is 5.81. The maximum atomic E-state index is 11.9. The third-order valence-corrected chi connectivity index (χ3v) is 2.81. The van der Waals surface area contributed by atoms with Crippen molar-refractivity contribution >= 4 is 10.9 Å². The second-order valence-electron chi connectivity index (χ2n) is 4.37. The first-order valence-electron chi connectivity index (χ1n) is 6.42. The summed E-state index contributed by atoms with van der Waals surface area (Å²) in [6.45, 7) is 2.42. The summed E-state index contributed by atoms with van der Waals surface area (Å²) in [5, 5.41) is 0.936. The van der Waals surface area contributed by atoms with Gasteiger partial charge in [-0.3, -0.25) is 4.74 Å². The molecule has 0 fully saturated rings. The lowest BCUT2D eigenvalue weighted by Gasteiger charge is -2.09. The van der Waals surface area contributed by atoms with E-state index in [1.165, 1.54) is 0 Å². The minimum atomic E-state index is -4.58. The Balaban J connectivity index is 2.04. The summed E-state index contributed by atoms with van der Waals surface area (Å²) in [5.74, 6) is 0.767. The molecule has 0 radical (unpaired) electrons. The van der Waals surface area contributed by atoms with E-state index in [0.717, 1.165) is 23.1 Å². The van der Waals surface area contributed by atoms with E-state index in [4.69, 9.17) is 4.74 Å². The number of hydrogen-bond acceptors (Lipinski definition) is 2. The van der Waals surface area contributed by atoms with Crippen molar-refractivity contribution < 1.29 is 22.6 Å². The SMILES string of the molecule is CCCOc1ccc2c(ccn2CCOC(F)(F)F)c1. The Hall–Kier alpha value is -1.69. The third-order valence-electron chi connectivity index (χ3n) is 2.81. The Bertz CT molecular complexity index is 563. The highest BCUT2D eigenvalue weighted by Gasteiger charge is 2.28. The molecule has 6 heteroatoms. The molecular formula is C14H16F3NO2. The van der Waals surface area contributed by atoms with Gasteiger partial charge in [-0.1, -0.05) is 6.92 Å². The number of halogens is 3. The molecule has 1 aromatic heterocycles. The van der Waals surface area contributed by atoms with E-state index in [2.05, 4.69) is 4.74 Å². The third kappa shape index (κ3) is 3.90. The van der Waals surface area contributed by atoms with Gasteiger partial charge in [0.05, 0.1) is 13.2 Å². The molecular weight excluding hydrogens is 271 g/mol. The molecule has 110 valence electrons. The molecule has 2 aromatic rings. The standard InChI is InChI=1S/C14H16F3NO2/c1-2-8-19-12-3-4-13-11(10-12)5-6-18(13)7-9-20-14(15,16)17/h3-6,10H,2,7-9H2,1H3. The van der Waals surface area contributed by atoms with Crippen molar-refractivity contribution in [2.75, 3.05) is 13.2 Å². The van der Waals surface area contributed by atoms with Gasteiger partial charge in [0.2, 0.25) is 0 Å². The van der Waals surface area contributed by atoms with Crippen molar-refractivity contribution in [3.05, 3.63) is 30.5 Å². The highest BCUT2D eigenvalue weighted by atomic mass is 19.4. The smallest absolute Gasteiger partial charge is 0.494 e. The largest absolute Gasteiger partial charge is 0.522 e. The van der Waals surface area contributed by atoms with Crippen molar-refractivity contribution in [1.29, 1.82) is 0 Å². The lowest BCUT2D eigenvalue weighted by molar-refractivity contribution is -0.325. The predicted molar refractivity (Wildman–Crippen MR) is 69.7 cm³/mol. The van der Waals surface area contributed by atoms with E-state index in [1.807, 2.05) is 31.2 Å². The van der Waals surface area contributed by atoms with Crippen LogP contribution in [-0.2, 0) is 11.3 Å². The van der Waals surface area contributed by atoms with Crippen LogP contribution < -0.4 is 4.74 Å². The Labute approximate surface area is 114 Å². The second kappa shape index (κ2) is 6.17. The summed E-state index contributed by atoms with van der Waals surface area (Å²) in [6.07, 6.45) is -1.91. The van der Waals surface area contributed by atoms with Crippen LogP contribution in [0.4, 0.5) is 13.2 Å². The van der Waals surface area contributed by atoms with Crippen LogP contribution in [0.1, 0.15) is 13.3 Å². The van der Waals surface area contributed by atoms with Crippen molar-refractivity contribution in [2.24, 2.45) is 0 Å². The van der Waals surface area contributed by atoms with Crippen LogP contribution >= 0.6 is 0 Å². The monoisotopic (exact) mass is 287 g/mol. The van der Waals surface area contributed by atoms with Gasteiger partial charge in [-0.2, -0.15) is 0 Å². The van der Waals surface area contributed by atoms with E-state index in [9.17, 15) is 13.2 Å². The fourth-order valence-corrected chi connectivity index (χ4v) is 1.94. The van der Waals surface area contributed by atoms with Crippen LogP contribution in [0.25, 0.3) is 10.9 Å². The zero-order chi connectivity index (χ0) is 14.6. The van der Waals surface area contributed by atoms with Gasteiger partial charge in [0, 0.05) is 23.6 Å². The number of aromatic nitrogens is 1. The van der Waals surface area contributed by atoms with E-state index in [1.54, 1.807) is 10.8 Å². The van der Waals surface area contributed by atoms with E-state index in [-0.39, 0.29) is 6.54 Å². The molecule has 0 aliphatic heterocycles. The first kappa shape index (κ1) is 14.7. The molecule has 0 bridgehead atoms. The summed E-state index contributed by atoms with van der Waals surface area (Å²) < 4.78 is 46.8. The number of hydrogen-bond donors (Lipinski definition) is 0. The van der Waals surface area contributed by atoms with Crippen molar-refractivity contribution in [3.8, 4) is 5.75 Å². The van der Waals surface area contributed by atoms with Gasteiger partial charge in [-0.15, -0.1) is 13.2 Å². The molecule has 1 heterocycles. The molecule has 0 N–H and O–H groups in total. The highest BCUT2D eigenvalue weighted by Crippen LogP contribution is 2.23. The van der Waals surface area contributed by atoms with Crippen molar-refractivity contribution in [3.63, 3.8) is 0 Å². The van der Waals surface area contributed by atoms with Crippen LogP contribution in [0.15, 0.2) is 30.5 Å². The Morgan fingerprint density at radius 1 is 1.15 bits per heavy atom. The molecule has 0 saturated heterocycles. The summed E-state index contributed by atoms with van der Waals surface area (Å²) in [6, 6.07) is 7.39. The Morgan fingerprint density at radius 2 is 1.95 bits per heavy atom. The maximum absolute atomic E-state index is 11.9. The zero-order valence-electron chi connectivity index (χ0n) is 11.1. The molecule has 0 amide bonds. The summed E-state index contributed by atoms with van der Waals surface area (Å²) in [7, 11) is 0. The van der Waals surface area contributed by atoms with Gasteiger partial charge in [-0.25, -0.2) is 0 Å². The average Bonchev–Trinajstić information content (AvgIpc) is 2.77. The summed E-state index contributed by atoms with van der Waals surface area (Å²) >= 11 is 0. The lowest BCUT2D eigenvalue weighted by Crippen LogP contribution is -2.17. The van der Waals surface area contributed by atoms with Gasteiger partial charge < -0.3 is 9.30 Å². The molecule has 2 rings (SSSR count). The lowest BCUT2D eigenvalue weighted by atomic mass is 10.2. The first-order valence-corrected chi connectivity index (χ1v) is 6.42. The van der Waals surface area contributed by atoms with Gasteiger partial charge in [0.1, 0.15) is 5.75 Å². The molecule has 0 aliphatic carbocycles. The van der Waals surface area contributed by atoms with Crippen LogP contribution in [0.3, 0.4) is 0 Å². The topological polar surface area (TPSA) is 23.4 Å². The summed E-state index contributed by atoms with van der Waals surface area (Å²) in [5.41, 5.74) is 0.861. The number of ether oxygens (including phenoxy) is 2. The fourth-order valence-electron chi connectivity index (χ4n) is 1.94. The molecule has 0 saturated carbocycles. The molecule has 0 atom stereocenters. The van der Waals surface area contributed by atoms with Gasteiger partial charge >= 0.3 is 6.36 Å². The molecule has 1 aromatic carbocycles. The molecule has 3 nitrogen and oxygen atoms in total. The molecule has 0 spiro atoms. The summed E-state index contributed by atoms with van der Waals surface area (Å²) in [4.78, 5) is 0. The predicted octanol–water partition coefficient (Wildman–Crippen LogP) is 3.97. The minimum absolute atomic E-state index is 0.151. The molecule has 20 heavy (non-hydrogen) atoms. The fraction of sp³-hybridized carbons (Fsp3) is 0.429. The normalized spacial score (nSPS) is 12.0. The maximum Gasteiger partial charge on any atom is 0.522 e. The van der Waals surface area contributed by atoms with Gasteiger partial charge in [0.25, 0.3) is 0 Å². The van der Waals surface area contributed by atoms with Crippen LogP contribution in [0.5, 0.6) is 5.75 Å². The van der Waals surface area contributed by atoms with Crippen LogP contribution in [0.2, 0.25) is 0 Å². The number of benzene rings is 1. The van der Waals surface area contributed by atoms with Crippen molar-refractivity contribution in [1.82, 2.24) is 4.57 Å². The second-order valence-corrected chi connectivity index (χ2v) is 4.37. The molecule has 0 unspecified atom stereocenters. The zero-order valence-corrected chi connectivity index (χ0v) is 11.1. The average molecular weight is 287 g/mol. The van der Waals surface area contributed by atoms with Crippen LogP contribution in [0, 0.1) is 0 Å². The number of rotatable bonds is 6.